The molecule has 0 aromatic heterocycles. The zero-order valence-electron chi connectivity index (χ0n) is 15.5. The van der Waals surface area contributed by atoms with Crippen molar-refractivity contribution in [2.45, 2.75) is 20.8 Å². The summed E-state index contributed by atoms with van der Waals surface area (Å²) in [6.45, 7) is 9.58. The molecule has 0 aliphatic carbocycles. The van der Waals surface area contributed by atoms with Crippen molar-refractivity contribution in [3.8, 4) is 0 Å². The minimum absolute atomic E-state index is 1.23. The van der Waals surface area contributed by atoms with Gasteiger partial charge in [-0.15, -0.1) is 0 Å². The van der Waals surface area contributed by atoms with Gasteiger partial charge >= 0.3 is 50.0 Å². The van der Waals surface area contributed by atoms with E-state index in [1.54, 1.807) is 42.3 Å². The summed E-state index contributed by atoms with van der Waals surface area (Å²) in [7, 11) is 10.5. The Kier molecular flexibility index (Phi) is 78.0. The van der Waals surface area contributed by atoms with Gasteiger partial charge in [0, 0.05) is 0 Å². The first kappa shape index (κ1) is 32.5. The number of allylic oxidation sites excluding steroid dienone is 6. The van der Waals surface area contributed by atoms with Crippen molar-refractivity contribution in [1.29, 1.82) is 0 Å². The van der Waals surface area contributed by atoms with Crippen molar-refractivity contribution in [3.63, 3.8) is 0 Å². The summed E-state index contributed by atoms with van der Waals surface area (Å²) in [6, 6.07) is 0. The zero-order valence-corrected chi connectivity index (χ0v) is 17.1. The fraction of sp³-hybridized carbons (Fsp3) is 0.529. The molecule has 0 unspecified atom stereocenters. The average molecular weight is 329 g/mol. The van der Waals surface area contributed by atoms with Crippen LogP contribution in [0.25, 0.3) is 16.0 Å². The van der Waals surface area contributed by atoms with Gasteiger partial charge < -0.3 is 16.0 Å². The number of rotatable bonds is 2. The molecule has 0 spiro atoms. The summed E-state index contributed by atoms with van der Waals surface area (Å²) in [6.07, 6.45) is 9.85. The first-order valence-corrected chi connectivity index (χ1v) is 7.51. The SMILES string of the molecule is C=CC(C)=CC.CC=CC=[CH][Ti+3].C[N-]C.C[N-]C.C[N-]C. The second-order valence-corrected chi connectivity index (χ2v) is 3.98. The van der Waals surface area contributed by atoms with Crippen LogP contribution in [0.1, 0.15) is 20.8 Å². The van der Waals surface area contributed by atoms with Crippen molar-refractivity contribution in [1.82, 2.24) is 0 Å². The van der Waals surface area contributed by atoms with E-state index in [0.717, 1.165) is 0 Å². The maximum Gasteiger partial charge on any atom is -0.162 e. The maximum atomic E-state index is 3.56. The third kappa shape index (κ3) is 140. The van der Waals surface area contributed by atoms with E-state index >= 15 is 0 Å². The van der Waals surface area contributed by atoms with Crippen LogP contribution in [0.4, 0.5) is 0 Å². The molecule has 4 heteroatoms. The van der Waals surface area contributed by atoms with Crippen LogP contribution in [0, 0.1) is 0 Å². The number of hydrogen-bond acceptors (Lipinski definition) is 0. The molecule has 122 valence electrons. The van der Waals surface area contributed by atoms with E-state index in [9.17, 15) is 0 Å². The minimum atomic E-state index is 1.23. The molecule has 0 saturated carbocycles. The molecule has 0 radical (unpaired) electrons. The largest absolute Gasteiger partial charge is 0.668 e. The van der Waals surface area contributed by atoms with E-state index < -0.39 is 0 Å². The van der Waals surface area contributed by atoms with Crippen LogP contribution < -0.4 is 0 Å². The second kappa shape index (κ2) is 50.4. The van der Waals surface area contributed by atoms with Gasteiger partial charge in [0.25, 0.3) is 0 Å². The van der Waals surface area contributed by atoms with Crippen LogP contribution >= 0.6 is 0 Å². The van der Waals surface area contributed by atoms with Crippen LogP contribution in [0.15, 0.2) is 46.9 Å². The van der Waals surface area contributed by atoms with Gasteiger partial charge in [-0.2, -0.15) is 42.3 Å². The maximum absolute atomic E-state index is 3.56. The van der Waals surface area contributed by atoms with Crippen molar-refractivity contribution in [2.24, 2.45) is 0 Å². The molecule has 0 saturated heterocycles. The van der Waals surface area contributed by atoms with Crippen LogP contribution in [0.3, 0.4) is 0 Å². The molecule has 21 heavy (non-hydrogen) atoms. The minimum Gasteiger partial charge on any atom is -0.668 e. The molecule has 0 heterocycles. The Morgan fingerprint density at radius 2 is 1.19 bits per heavy atom. The summed E-state index contributed by atoms with van der Waals surface area (Å²) < 4.78 is 2.00. The van der Waals surface area contributed by atoms with Crippen molar-refractivity contribution in [2.75, 3.05) is 42.3 Å². The summed E-state index contributed by atoms with van der Waals surface area (Å²) in [4.78, 5) is 0. The monoisotopic (exact) mass is 329 g/mol. The third-order valence-electron chi connectivity index (χ3n) is 1.18. The third-order valence-corrected chi connectivity index (χ3v) is 1.48. The van der Waals surface area contributed by atoms with E-state index in [1.807, 2.05) is 76.0 Å². The Hall–Kier alpha value is -0.446. The van der Waals surface area contributed by atoms with E-state index in [2.05, 4.69) is 22.5 Å². The van der Waals surface area contributed by atoms with Crippen LogP contribution in [-0.4, -0.2) is 42.3 Å². The van der Waals surface area contributed by atoms with E-state index in [0.29, 0.717) is 0 Å². The van der Waals surface area contributed by atoms with E-state index in [4.69, 9.17) is 0 Å². The van der Waals surface area contributed by atoms with E-state index in [1.165, 1.54) is 5.57 Å². The molecule has 0 aliphatic rings. The number of nitrogens with zero attached hydrogens (tertiary/aromatic N) is 3. The topological polar surface area (TPSA) is 42.3 Å². The molecule has 0 rings (SSSR count). The van der Waals surface area contributed by atoms with E-state index in [-0.39, 0.29) is 0 Å². The molecule has 0 amide bonds. The molecular formula is C17H35N3Ti. The first-order chi connectivity index (χ1) is 9.96. The Morgan fingerprint density at radius 3 is 1.24 bits per heavy atom. The van der Waals surface area contributed by atoms with Crippen molar-refractivity contribution in [3.05, 3.63) is 62.9 Å². The first-order valence-electron chi connectivity index (χ1n) is 6.61. The Labute approximate surface area is 146 Å². The van der Waals surface area contributed by atoms with Crippen LogP contribution in [0.5, 0.6) is 0 Å². The van der Waals surface area contributed by atoms with Gasteiger partial charge in [-0.25, -0.2) is 0 Å². The molecule has 0 bridgehead atoms. The summed E-state index contributed by atoms with van der Waals surface area (Å²) in [5, 5.41) is 10.5. The standard InChI is InChI=1S/C6H10.C5H7.3C2H6N.Ti/c1-4-6(3)5-2;1-3-5-4-2;3*1-3-2;/h4-5H,1H2,2-3H3;1,3-5H,2H3;3*1-2H3;/q;;3*-1;+3. The Balaban J connectivity index is -0.0000000533. The van der Waals surface area contributed by atoms with Gasteiger partial charge in [0.2, 0.25) is 0 Å². The molecular weight excluding hydrogens is 294 g/mol. The molecule has 3 nitrogen and oxygen atoms in total. The summed E-state index contributed by atoms with van der Waals surface area (Å²) in [5.41, 5.74) is 1.23. The molecule has 0 N–H and O–H groups in total. The second-order valence-electron chi connectivity index (χ2n) is 3.46. The quantitative estimate of drug-likeness (QED) is 0.466. The van der Waals surface area contributed by atoms with Gasteiger partial charge in [-0.3, -0.25) is 0 Å². The number of hydrogen-bond donors (Lipinski definition) is 0. The molecule has 0 aromatic rings. The van der Waals surface area contributed by atoms with Gasteiger partial charge in [-0.1, -0.05) is 24.3 Å². The molecule has 0 fully saturated rings. The van der Waals surface area contributed by atoms with Crippen molar-refractivity contribution >= 4 is 0 Å². The normalized spacial score (nSPS) is 9.19. The fourth-order valence-corrected chi connectivity index (χ4v) is 0.458. The Bertz CT molecular complexity index is 207. The molecule has 0 aromatic carbocycles. The predicted molar refractivity (Wildman–Crippen MR) is 99.2 cm³/mol. The average Bonchev–Trinajstić information content (AvgIpc) is 2.47. The fourth-order valence-electron chi connectivity index (χ4n) is 0.285. The summed E-state index contributed by atoms with van der Waals surface area (Å²) >= 11 is 2.00. The predicted octanol–water partition coefficient (Wildman–Crippen LogP) is 5.62. The van der Waals surface area contributed by atoms with Crippen LogP contribution in [0.2, 0.25) is 0 Å². The van der Waals surface area contributed by atoms with Gasteiger partial charge in [0.1, 0.15) is 0 Å². The van der Waals surface area contributed by atoms with Gasteiger partial charge in [0.15, 0.2) is 0 Å². The van der Waals surface area contributed by atoms with Crippen molar-refractivity contribution < 1.29 is 20.4 Å². The smallest absolute Gasteiger partial charge is 0.162 e. The van der Waals surface area contributed by atoms with Crippen LogP contribution in [-0.2, 0) is 20.4 Å². The van der Waals surface area contributed by atoms with Gasteiger partial charge in [-0.05, 0) is 13.8 Å². The molecule has 0 atom stereocenters. The van der Waals surface area contributed by atoms with Gasteiger partial charge in [0.05, 0.1) is 0 Å². The Morgan fingerprint density at radius 1 is 0.857 bits per heavy atom. The molecule has 0 aliphatic heterocycles. The summed E-state index contributed by atoms with van der Waals surface area (Å²) in [5.74, 6) is 0. The zero-order chi connectivity index (χ0) is 17.9.